The molecule has 0 unspecified atom stereocenters. The minimum Gasteiger partial charge on any atom is -0.335 e. The molecule has 3 aromatic rings. The Bertz CT molecular complexity index is 975. The highest BCUT2D eigenvalue weighted by molar-refractivity contribution is 7.98. The highest BCUT2D eigenvalue weighted by Crippen LogP contribution is 2.33. The van der Waals surface area contributed by atoms with E-state index in [1.165, 1.54) is 30.0 Å². The van der Waals surface area contributed by atoms with Crippen molar-refractivity contribution in [2.45, 2.75) is 18.6 Å². The van der Waals surface area contributed by atoms with Crippen LogP contribution >= 0.6 is 11.8 Å². The molecule has 0 saturated carbocycles. The molecular formula is C19H17F3N4S. The summed E-state index contributed by atoms with van der Waals surface area (Å²) in [7, 11) is 0. The molecule has 27 heavy (non-hydrogen) atoms. The van der Waals surface area contributed by atoms with Crippen molar-refractivity contribution in [2.24, 2.45) is 5.73 Å². The Kier molecular flexibility index (Phi) is 5.67. The van der Waals surface area contributed by atoms with Crippen molar-refractivity contribution in [3.8, 4) is 11.3 Å². The maximum atomic E-state index is 14.1. The summed E-state index contributed by atoms with van der Waals surface area (Å²) >= 11 is 1.27. The number of benzene rings is 2. The van der Waals surface area contributed by atoms with Gasteiger partial charge in [-0.25, -0.2) is 23.1 Å². The van der Waals surface area contributed by atoms with Gasteiger partial charge in [-0.05, 0) is 49.1 Å². The number of rotatable bonds is 5. The Morgan fingerprint density at radius 2 is 1.78 bits per heavy atom. The van der Waals surface area contributed by atoms with Crippen LogP contribution in [-0.2, 0) is 6.54 Å². The van der Waals surface area contributed by atoms with Crippen LogP contribution in [0.3, 0.4) is 0 Å². The molecule has 8 heteroatoms. The molecule has 0 fully saturated rings. The summed E-state index contributed by atoms with van der Waals surface area (Å²) < 4.78 is 41.6. The van der Waals surface area contributed by atoms with Crippen molar-refractivity contribution in [2.75, 3.05) is 11.6 Å². The summed E-state index contributed by atoms with van der Waals surface area (Å²) in [6, 6.07) is 7.89. The van der Waals surface area contributed by atoms with E-state index in [-0.39, 0.29) is 23.9 Å². The molecule has 2 aromatic carbocycles. The summed E-state index contributed by atoms with van der Waals surface area (Å²) in [5.41, 5.74) is 7.89. The fourth-order valence-corrected chi connectivity index (χ4v) is 3.07. The van der Waals surface area contributed by atoms with E-state index in [2.05, 4.69) is 15.3 Å². The van der Waals surface area contributed by atoms with Crippen molar-refractivity contribution in [1.29, 1.82) is 0 Å². The topological polar surface area (TPSA) is 63.8 Å². The summed E-state index contributed by atoms with van der Waals surface area (Å²) in [5.74, 6) is -1.65. The average molecular weight is 390 g/mol. The van der Waals surface area contributed by atoms with Crippen LogP contribution in [0.1, 0.15) is 11.1 Å². The van der Waals surface area contributed by atoms with Crippen LogP contribution < -0.4 is 11.1 Å². The van der Waals surface area contributed by atoms with Crippen LogP contribution in [0.5, 0.6) is 0 Å². The van der Waals surface area contributed by atoms with Crippen molar-refractivity contribution in [3.63, 3.8) is 0 Å². The zero-order chi connectivity index (χ0) is 19.6. The number of hydrogen-bond acceptors (Lipinski definition) is 5. The van der Waals surface area contributed by atoms with Gasteiger partial charge in [0.25, 0.3) is 0 Å². The van der Waals surface area contributed by atoms with Gasteiger partial charge in [0.2, 0.25) is 0 Å². The maximum Gasteiger partial charge on any atom is 0.189 e. The van der Waals surface area contributed by atoms with E-state index in [0.717, 1.165) is 12.1 Å². The predicted molar refractivity (Wildman–Crippen MR) is 101 cm³/mol. The van der Waals surface area contributed by atoms with Gasteiger partial charge in [-0.3, -0.25) is 0 Å². The standard InChI is InChI=1S/C19H17F3N4S/c1-10-8-11(20)6-7-12(10)16-13(9-23)18(26-19(25-16)27-2)24-17-14(21)4-3-5-15(17)22/h3-8H,9,23H2,1-2H3,(H,24,25,26). The first-order valence-electron chi connectivity index (χ1n) is 8.07. The molecule has 0 atom stereocenters. The first-order valence-corrected chi connectivity index (χ1v) is 9.29. The summed E-state index contributed by atoms with van der Waals surface area (Å²) in [5, 5.41) is 3.10. The molecule has 0 bridgehead atoms. The molecule has 3 rings (SSSR count). The Balaban J connectivity index is 2.20. The molecule has 0 aliphatic heterocycles. The van der Waals surface area contributed by atoms with Crippen LogP contribution in [0.25, 0.3) is 11.3 Å². The number of aromatic nitrogens is 2. The third-order valence-corrected chi connectivity index (χ3v) is 4.57. The Hall–Kier alpha value is -2.58. The monoisotopic (exact) mass is 390 g/mol. The molecule has 0 saturated heterocycles. The number of para-hydroxylation sites is 1. The number of thioether (sulfide) groups is 1. The van der Waals surface area contributed by atoms with Crippen LogP contribution in [0, 0.1) is 24.4 Å². The van der Waals surface area contributed by atoms with Gasteiger partial charge in [-0.15, -0.1) is 0 Å². The second kappa shape index (κ2) is 7.98. The maximum absolute atomic E-state index is 14.1. The van der Waals surface area contributed by atoms with Crippen LogP contribution in [0.4, 0.5) is 24.7 Å². The first kappa shape index (κ1) is 19.2. The van der Waals surface area contributed by atoms with Gasteiger partial charge < -0.3 is 11.1 Å². The van der Waals surface area contributed by atoms with Crippen molar-refractivity contribution < 1.29 is 13.2 Å². The number of anilines is 2. The van der Waals surface area contributed by atoms with E-state index >= 15 is 0 Å². The number of halogens is 3. The molecule has 0 radical (unpaired) electrons. The van der Waals surface area contributed by atoms with Crippen LogP contribution in [-0.4, -0.2) is 16.2 Å². The molecular weight excluding hydrogens is 373 g/mol. The lowest BCUT2D eigenvalue weighted by atomic mass is 10.0. The smallest absolute Gasteiger partial charge is 0.189 e. The normalized spacial score (nSPS) is 10.9. The van der Waals surface area contributed by atoms with E-state index in [9.17, 15) is 13.2 Å². The zero-order valence-corrected chi connectivity index (χ0v) is 15.5. The Morgan fingerprint density at radius 1 is 1.07 bits per heavy atom. The number of nitrogens with two attached hydrogens (primary N) is 1. The third-order valence-electron chi connectivity index (χ3n) is 4.02. The summed E-state index contributed by atoms with van der Waals surface area (Å²) in [4.78, 5) is 8.82. The molecule has 1 heterocycles. The molecule has 3 N–H and O–H groups in total. The molecule has 1 aromatic heterocycles. The molecule has 4 nitrogen and oxygen atoms in total. The second-order valence-electron chi connectivity index (χ2n) is 5.77. The number of nitrogens with one attached hydrogen (secondary N) is 1. The van der Waals surface area contributed by atoms with Crippen LogP contribution in [0.15, 0.2) is 41.6 Å². The Morgan fingerprint density at radius 3 is 2.37 bits per heavy atom. The minimum atomic E-state index is -0.748. The molecule has 0 amide bonds. The molecule has 140 valence electrons. The second-order valence-corrected chi connectivity index (χ2v) is 6.54. The fraction of sp³-hybridized carbons (Fsp3) is 0.158. The van der Waals surface area contributed by atoms with Crippen molar-refractivity contribution >= 4 is 23.3 Å². The van der Waals surface area contributed by atoms with Gasteiger partial charge in [0.05, 0.1) is 5.69 Å². The third kappa shape index (κ3) is 3.91. The lowest BCUT2D eigenvalue weighted by Gasteiger charge is -2.17. The van der Waals surface area contributed by atoms with E-state index in [1.54, 1.807) is 19.2 Å². The van der Waals surface area contributed by atoms with Gasteiger partial charge in [-0.1, -0.05) is 17.8 Å². The fourth-order valence-electron chi connectivity index (χ4n) is 2.70. The SMILES string of the molecule is CSc1nc(Nc2c(F)cccc2F)c(CN)c(-c2ccc(F)cc2C)n1. The number of hydrogen-bond donors (Lipinski definition) is 2. The van der Waals surface area contributed by atoms with Gasteiger partial charge in [-0.2, -0.15) is 0 Å². The zero-order valence-electron chi connectivity index (χ0n) is 14.7. The van der Waals surface area contributed by atoms with Gasteiger partial charge in [0.1, 0.15) is 29.0 Å². The summed E-state index contributed by atoms with van der Waals surface area (Å²) in [6.07, 6.45) is 1.78. The number of aryl methyl sites for hydroxylation is 1. The lowest BCUT2D eigenvalue weighted by Crippen LogP contribution is -2.11. The predicted octanol–water partition coefficient (Wildman–Crippen LogP) is 4.79. The highest BCUT2D eigenvalue weighted by Gasteiger charge is 2.19. The largest absolute Gasteiger partial charge is 0.335 e. The van der Waals surface area contributed by atoms with E-state index in [0.29, 0.717) is 27.5 Å². The van der Waals surface area contributed by atoms with Crippen molar-refractivity contribution in [1.82, 2.24) is 9.97 Å². The molecule has 0 aliphatic rings. The van der Waals surface area contributed by atoms with Crippen LogP contribution in [0.2, 0.25) is 0 Å². The lowest BCUT2D eigenvalue weighted by molar-refractivity contribution is 0.590. The summed E-state index contributed by atoms with van der Waals surface area (Å²) in [6.45, 7) is 1.78. The average Bonchev–Trinajstić information content (AvgIpc) is 2.64. The molecule has 0 aliphatic carbocycles. The molecule has 0 spiro atoms. The first-order chi connectivity index (χ1) is 12.9. The highest BCUT2D eigenvalue weighted by atomic mass is 32.2. The minimum absolute atomic E-state index is 0.0270. The van der Waals surface area contributed by atoms with E-state index in [1.807, 2.05) is 0 Å². The quantitative estimate of drug-likeness (QED) is 0.484. The van der Waals surface area contributed by atoms with Gasteiger partial charge in [0.15, 0.2) is 5.16 Å². The van der Waals surface area contributed by atoms with Gasteiger partial charge >= 0.3 is 0 Å². The van der Waals surface area contributed by atoms with Crippen molar-refractivity contribution in [3.05, 3.63) is 65.0 Å². The number of nitrogens with zero attached hydrogens (tertiary/aromatic N) is 2. The van der Waals surface area contributed by atoms with E-state index < -0.39 is 11.6 Å². The Labute approximate surface area is 159 Å². The van der Waals surface area contributed by atoms with Gasteiger partial charge in [0, 0.05) is 17.7 Å². The van der Waals surface area contributed by atoms with E-state index in [4.69, 9.17) is 5.73 Å².